The van der Waals surface area contributed by atoms with Crippen LogP contribution >= 0.6 is 0 Å². The summed E-state index contributed by atoms with van der Waals surface area (Å²) >= 11 is 0. The van der Waals surface area contributed by atoms with E-state index in [1.54, 1.807) is 21.9 Å². The van der Waals surface area contributed by atoms with Gasteiger partial charge in [-0.05, 0) is 43.5 Å². The summed E-state index contributed by atoms with van der Waals surface area (Å²) in [6, 6.07) is 4.87. The van der Waals surface area contributed by atoms with Gasteiger partial charge in [-0.25, -0.2) is 13.2 Å². The van der Waals surface area contributed by atoms with Gasteiger partial charge in [0.1, 0.15) is 11.8 Å². The molecule has 1 aliphatic rings. The maximum Gasteiger partial charge on any atom is 0.317 e. The van der Waals surface area contributed by atoms with Crippen LogP contribution in [-0.2, 0) is 14.8 Å². The van der Waals surface area contributed by atoms with Crippen LogP contribution in [-0.4, -0.2) is 75.5 Å². The Balaban J connectivity index is 2.10. The van der Waals surface area contributed by atoms with E-state index in [1.165, 1.54) is 19.2 Å². The number of urea groups is 1. The number of unbranched alkanes of at least 4 members (excludes halogenated alkanes) is 1. The molecule has 0 radical (unpaired) electrons. The zero-order chi connectivity index (χ0) is 24.6. The van der Waals surface area contributed by atoms with E-state index in [9.17, 15) is 18.0 Å². The first-order valence-corrected chi connectivity index (χ1v) is 13.1. The highest BCUT2D eigenvalue weighted by atomic mass is 32.2. The molecule has 3 amide bonds. The van der Waals surface area contributed by atoms with Crippen molar-refractivity contribution in [3.63, 3.8) is 0 Å². The quantitative estimate of drug-likeness (QED) is 0.498. The van der Waals surface area contributed by atoms with Crippen molar-refractivity contribution in [2.45, 2.75) is 63.9 Å². The fourth-order valence-corrected chi connectivity index (χ4v) is 5.06. The zero-order valence-electron chi connectivity index (χ0n) is 20.3. The molecule has 0 aromatic heterocycles. The largest absolute Gasteiger partial charge is 0.497 e. The highest BCUT2D eigenvalue weighted by Crippen LogP contribution is 2.20. The smallest absolute Gasteiger partial charge is 0.317 e. The van der Waals surface area contributed by atoms with E-state index < -0.39 is 16.1 Å². The monoisotopic (exact) mass is 482 g/mol. The van der Waals surface area contributed by atoms with Gasteiger partial charge in [0.15, 0.2) is 0 Å². The predicted molar refractivity (Wildman–Crippen MR) is 128 cm³/mol. The summed E-state index contributed by atoms with van der Waals surface area (Å²) in [7, 11) is -2.39. The van der Waals surface area contributed by atoms with Gasteiger partial charge in [-0.15, -0.1) is 0 Å². The van der Waals surface area contributed by atoms with Crippen molar-refractivity contribution in [2.75, 3.05) is 33.3 Å². The Morgan fingerprint density at radius 2 is 1.85 bits per heavy atom. The summed E-state index contributed by atoms with van der Waals surface area (Å²) in [5, 5.41) is 2.92. The molecule has 1 saturated heterocycles. The minimum absolute atomic E-state index is 0.0753. The Hall–Kier alpha value is -2.33. The fourth-order valence-electron chi connectivity index (χ4n) is 3.77. The molecular weight excluding hydrogens is 444 g/mol. The molecule has 1 aromatic carbocycles. The van der Waals surface area contributed by atoms with E-state index in [1.807, 2.05) is 20.8 Å². The summed E-state index contributed by atoms with van der Waals surface area (Å²) in [4.78, 5) is 29.3. The van der Waals surface area contributed by atoms with Gasteiger partial charge in [-0.1, -0.05) is 33.6 Å². The van der Waals surface area contributed by atoms with Crippen molar-refractivity contribution in [2.24, 2.45) is 5.92 Å². The molecule has 10 heteroatoms. The van der Waals surface area contributed by atoms with Gasteiger partial charge in [-0.3, -0.25) is 4.79 Å². The number of benzene rings is 1. The SMILES string of the molecule is CCCCNC(=O)N1CCN(C(=O)C(NS(=O)(=O)c2ccc(OC)cc2)C(C)CC)CC1C. The Morgan fingerprint density at radius 3 is 2.39 bits per heavy atom. The van der Waals surface area contributed by atoms with Gasteiger partial charge in [0.2, 0.25) is 15.9 Å². The molecule has 0 aliphatic carbocycles. The number of carbonyl (C=O) groups excluding carboxylic acids is 2. The molecule has 2 rings (SSSR count). The molecule has 1 fully saturated rings. The summed E-state index contributed by atoms with van der Waals surface area (Å²) in [6.45, 7) is 9.51. The number of carbonyl (C=O) groups is 2. The third-order valence-corrected chi connectivity index (χ3v) is 7.59. The van der Waals surface area contributed by atoms with E-state index in [2.05, 4.69) is 17.0 Å². The number of sulfonamides is 1. The van der Waals surface area contributed by atoms with E-state index in [0.717, 1.165) is 12.8 Å². The second kappa shape index (κ2) is 12.2. The molecule has 3 unspecified atom stereocenters. The summed E-state index contributed by atoms with van der Waals surface area (Å²) in [5.74, 6) is 0.0876. The van der Waals surface area contributed by atoms with Crippen LogP contribution < -0.4 is 14.8 Å². The van der Waals surface area contributed by atoms with Crippen LogP contribution in [0, 0.1) is 5.92 Å². The maximum absolute atomic E-state index is 13.4. The average Bonchev–Trinajstić information content (AvgIpc) is 2.81. The van der Waals surface area contributed by atoms with Gasteiger partial charge < -0.3 is 19.9 Å². The predicted octanol–water partition coefficient (Wildman–Crippen LogP) is 2.43. The number of ether oxygens (including phenoxy) is 1. The molecule has 33 heavy (non-hydrogen) atoms. The number of methoxy groups -OCH3 is 1. The van der Waals surface area contributed by atoms with Gasteiger partial charge in [0, 0.05) is 32.2 Å². The first kappa shape index (κ1) is 26.9. The van der Waals surface area contributed by atoms with Gasteiger partial charge in [-0.2, -0.15) is 4.72 Å². The zero-order valence-corrected chi connectivity index (χ0v) is 21.2. The van der Waals surface area contributed by atoms with Crippen LogP contribution in [0.15, 0.2) is 29.2 Å². The van der Waals surface area contributed by atoms with Crippen LogP contribution in [0.2, 0.25) is 0 Å². The summed E-state index contributed by atoms with van der Waals surface area (Å²) in [6.07, 6.45) is 2.56. The molecule has 0 bridgehead atoms. The normalized spacial score (nSPS) is 18.5. The standard InChI is InChI=1S/C23H38N4O5S/c1-6-8-13-24-23(29)27-15-14-26(16-18(27)4)22(28)21(17(3)7-2)25-33(30,31)20-11-9-19(32-5)10-12-20/h9-12,17-18,21,25H,6-8,13-16H2,1-5H3,(H,24,29). The highest BCUT2D eigenvalue weighted by molar-refractivity contribution is 7.89. The van der Waals surface area contributed by atoms with Gasteiger partial charge in [0.05, 0.1) is 12.0 Å². The lowest BCUT2D eigenvalue weighted by molar-refractivity contribution is -0.136. The van der Waals surface area contributed by atoms with Crippen LogP contribution in [0.5, 0.6) is 5.75 Å². The Bertz CT molecular complexity index is 891. The molecule has 1 aliphatic heterocycles. The third kappa shape index (κ3) is 7.07. The van der Waals surface area contributed by atoms with Crippen molar-refractivity contribution in [1.82, 2.24) is 19.8 Å². The number of amides is 3. The first-order valence-electron chi connectivity index (χ1n) is 11.6. The number of piperazine rings is 1. The average molecular weight is 483 g/mol. The minimum atomic E-state index is -3.90. The van der Waals surface area contributed by atoms with Crippen molar-refractivity contribution in [3.05, 3.63) is 24.3 Å². The van der Waals surface area contributed by atoms with Crippen molar-refractivity contribution >= 4 is 22.0 Å². The second-order valence-electron chi connectivity index (χ2n) is 8.57. The number of rotatable bonds is 10. The lowest BCUT2D eigenvalue weighted by Crippen LogP contribution is -2.61. The number of nitrogens with one attached hydrogen (secondary N) is 2. The number of nitrogens with zero attached hydrogens (tertiary/aromatic N) is 2. The number of hydrogen-bond acceptors (Lipinski definition) is 5. The van der Waals surface area contributed by atoms with Crippen LogP contribution in [0.1, 0.15) is 47.0 Å². The van der Waals surface area contributed by atoms with Gasteiger partial charge in [0.25, 0.3) is 0 Å². The van der Waals surface area contributed by atoms with E-state index in [-0.39, 0.29) is 28.8 Å². The molecule has 1 aromatic rings. The Morgan fingerprint density at radius 1 is 1.18 bits per heavy atom. The lowest BCUT2D eigenvalue weighted by atomic mass is 9.98. The lowest BCUT2D eigenvalue weighted by Gasteiger charge is -2.41. The maximum atomic E-state index is 13.4. The Kier molecular flexibility index (Phi) is 9.97. The fraction of sp³-hybridized carbons (Fsp3) is 0.652. The van der Waals surface area contributed by atoms with Crippen LogP contribution in [0.25, 0.3) is 0 Å². The first-order chi connectivity index (χ1) is 15.6. The van der Waals surface area contributed by atoms with Crippen molar-refractivity contribution in [3.8, 4) is 5.75 Å². The molecule has 2 N–H and O–H groups in total. The third-order valence-electron chi connectivity index (χ3n) is 6.14. The molecule has 1 heterocycles. The second-order valence-corrected chi connectivity index (χ2v) is 10.3. The molecule has 0 saturated carbocycles. The molecule has 186 valence electrons. The van der Waals surface area contributed by atoms with E-state index >= 15 is 0 Å². The molecule has 3 atom stereocenters. The number of hydrogen-bond donors (Lipinski definition) is 2. The topological polar surface area (TPSA) is 108 Å². The molecule has 9 nitrogen and oxygen atoms in total. The van der Waals surface area contributed by atoms with Crippen LogP contribution in [0.4, 0.5) is 4.79 Å². The highest BCUT2D eigenvalue weighted by Gasteiger charge is 2.36. The Labute approximate surface area is 197 Å². The molecule has 0 spiro atoms. The van der Waals surface area contributed by atoms with Crippen molar-refractivity contribution in [1.29, 1.82) is 0 Å². The van der Waals surface area contributed by atoms with Crippen molar-refractivity contribution < 1.29 is 22.7 Å². The van der Waals surface area contributed by atoms with E-state index in [0.29, 0.717) is 38.3 Å². The van der Waals surface area contributed by atoms with E-state index in [4.69, 9.17) is 4.74 Å². The minimum Gasteiger partial charge on any atom is -0.497 e. The van der Waals surface area contributed by atoms with Gasteiger partial charge >= 0.3 is 6.03 Å². The van der Waals surface area contributed by atoms with Crippen LogP contribution in [0.3, 0.4) is 0 Å². The summed E-state index contributed by atoms with van der Waals surface area (Å²) < 4.78 is 33.7. The molecular formula is C23H38N4O5S. The summed E-state index contributed by atoms with van der Waals surface area (Å²) in [5.41, 5.74) is 0.